The third kappa shape index (κ3) is 3.05. The Kier molecular flexibility index (Phi) is 5.12. The molecule has 2 aliphatic rings. The van der Waals surface area contributed by atoms with E-state index < -0.39 is 0 Å². The lowest BCUT2D eigenvalue weighted by Crippen LogP contribution is -2.34. The number of rotatable bonds is 1. The van der Waals surface area contributed by atoms with E-state index in [1.807, 2.05) is 11.8 Å². The minimum Gasteiger partial charge on any atom is -0.296 e. The molecule has 0 amide bonds. The van der Waals surface area contributed by atoms with Crippen molar-refractivity contribution in [1.29, 1.82) is 0 Å². The Morgan fingerprint density at radius 3 is 2.32 bits per heavy atom. The number of halogens is 1. The molecule has 0 bridgehead atoms. The van der Waals surface area contributed by atoms with Crippen LogP contribution in [-0.4, -0.2) is 18.0 Å². The molecule has 1 nitrogen and oxygen atoms in total. The molecule has 1 saturated heterocycles. The van der Waals surface area contributed by atoms with Crippen LogP contribution in [0.25, 0.3) is 0 Å². The zero-order valence-corrected chi connectivity index (χ0v) is 14.3. The van der Waals surface area contributed by atoms with Crippen LogP contribution in [-0.2, 0) is 6.42 Å². The summed E-state index contributed by atoms with van der Waals surface area (Å²) in [5, 5.41) is 0. The van der Waals surface area contributed by atoms with Gasteiger partial charge >= 0.3 is 0 Å². The molecular formula is C19H22ClNS. The van der Waals surface area contributed by atoms with Gasteiger partial charge in [-0.05, 0) is 55.6 Å². The highest BCUT2D eigenvalue weighted by Crippen LogP contribution is 2.43. The van der Waals surface area contributed by atoms with Gasteiger partial charge in [0.05, 0.1) is 0 Å². The van der Waals surface area contributed by atoms with Gasteiger partial charge < -0.3 is 0 Å². The van der Waals surface area contributed by atoms with E-state index in [1.165, 1.54) is 53.3 Å². The number of fused-ring (bicyclic) bond motifs is 2. The topological polar surface area (TPSA) is 3.24 Å². The second-order valence-corrected chi connectivity index (χ2v) is 7.15. The molecule has 4 rings (SSSR count). The predicted octanol–water partition coefficient (Wildman–Crippen LogP) is 5.34. The molecule has 22 heavy (non-hydrogen) atoms. The van der Waals surface area contributed by atoms with Crippen molar-refractivity contribution in [2.24, 2.45) is 0 Å². The predicted molar refractivity (Wildman–Crippen MR) is 96.1 cm³/mol. The van der Waals surface area contributed by atoms with E-state index in [1.54, 1.807) is 0 Å². The second-order valence-electron chi connectivity index (χ2n) is 6.06. The zero-order chi connectivity index (χ0) is 14.1. The molecule has 1 atom stereocenters. The Balaban J connectivity index is 0.00000144. The first kappa shape index (κ1) is 15.9. The van der Waals surface area contributed by atoms with E-state index >= 15 is 0 Å². The van der Waals surface area contributed by atoms with E-state index in [-0.39, 0.29) is 12.4 Å². The van der Waals surface area contributed by atoms with Crippen LogP contribution in [0.1, 0.15) is 36.4 Å². The molecule has 0 radical (unpaired) electrons. The first-order valence-corrected chi connectivity index (χ1v) is 8.82. The monoisotopic (exact) mass is 331 g/mol. The fourth-order valence-electron chi connectivity index (χ4n) is 3.61. The van der Waals surface area contributed by atoms with Crippen molar-refractivity contribution in [3.8, 4) is 0 Å². The van der Waals surface area contributed by atoms with E-state index in [4.69, 9.17) is 0 Å². The second kappa shape index (κ2) is 7.08. The normalized spacial score (nSPS) is 21.2. The van der Waals surface area contributed by atoms with Crippen molar-refractivity contribution < 1.29 is 0 Å². The van der Waals surface area contributed by atoms with Gasteiger partial charge in [-0.1, -0.05) is 54.6 Å². The molecule has 1 unspecified atom stereocenters. The molecule has 0 N–H and O–H groups in total. The minimum atomic E-state index is 0. The number of nitrogens with zero attached hydrogens (tertiary/aromatic N) is 1. The lowest BCUT2D eigenvalue weighted by molar-refractivity contribution is 0.160. The molecule has 0 saturated carbocycles. The molecule has 2 heterocycles. The van der Waals surface area contributed by atoms with E-state index in [2.05, 4.69) is 53.4 Å². The van der Waals surface area contributed by atoms with Gasteiger partial charge in [0.1, 0.15) is 0 Å². The smallest absolute Gasteiger partial charge is 0.0400 e. The van der Waals surface area contributed by atoms with Gasteiger partial charge in [0.25, 0.3) is 0 Å². The molecule has 0 aliphatic carbocycles. The molecule has 0 aromatic heterocycles. The molecule has 2 aromatic carbocycles. The number of benzene rings is 2. The molecule has 0 spiro atoms. The van der Waals surface area contributed by atoms with Crippen LogP contribution >= 0.6 is 24.2 Å². The summed E-state index contributed by atoms with van der Waals surface area (Å²) in [5.74, 6) is 0. The molecule has 116 valence electrons. The fourth-order valence-corrected chi connectivity index (χ4v) is 4.75. The van der Waals surface area contributed by atoms with Crippen LogP contribution in [0.3, 0.4) is 0 Å². The standard InChI is InChI=1S/C19H21NS.ClH/c1-6-12-20(13-7-1)17-14-15-8-2-4-10-18(15)21-19-11-5-3-9-16(17)19;/h2-5,8-11,17H,1,6-7,12-14H2;1H. The van der Waals surface area contributed by atoms with Gasteiger partial charge in [-0.25, -0.2) is 0 Å². The number of hydrogen-bond donors (Lipinski definition) is 0. The van der Waals surface area contributed by atoms with Gasteiger partial charge in [-0.2, -0.15) is 0 Å². The number of piperidine rings is 1. The molecular weight excluding hydrogens is 310 g/mol. The summed E-state index contributed by atoms with van der Waals surface area (Å²) in [6, 6.07) is 18.5. The summed E-state index contributed by atoms with van der Waals surface area (Å²) in [7, 11) is 0. The van der Waals surface area contributed by atoms with Crippen molar-refractivity contribution in [2.75, 3.05) is 13.1 Å². The quantitative estimate of drug-likeness (QED) is 0.693. The van der Waals surface area contributed by atoms with Crippen molar-refractivity contribution in [1.82, 2.24) is 4.90 Å². The lowest BCUT2D eigenvalue weighted by atomic mass is 9.95. The third-order valence-electron chi connectivity index (χ3n) is 4.72. The first-order valence-electron chi connectivity index (χ1n) is 8.00. The number of likely N-dealkylation sites (tertiary alicyclic amines) is 1. The first-order chi connectivity index (χ1) is 10.4. The summed E-state index contributed by atoms with van der Waals surface area (Å²) in [4.78, 5) is 5.59. The Hall–Kier alpha value is -0.960. The Labute approximate surface area is 143 Å². The molecule has 1 fully saturated rings. The van der Waals surface area contributed by atoms with Crippen LogP contribution in [0.2, 0.25) is 0 Å². The SMILES string of the molecule is Cl.c1ccc2c(c1)CC(N1CCCCC1)c1ccccc1S2. The summed E-state index contributed by atoms with van der Waals surface area (Å²) in [6.07, 6.45) is 5.26. The maximum Gasteiger partial charge on any atom is 0.0400 e. The largest absolute Gasteiger partial charge is 0.296 e. The summed E-state index contributed by atoms with van der Waals surface area (Å²) < 4.78 is 0. The van der Waals surface area contributed by atoms with Gasteiger partial charge in [-0.15, -0.1) is 12.4 Å². The highest BCUT2D eigenvalue weighted by Gasteiger charge is 2.27. The summed E-state index contributed by atoms with van der Waals surface area (Å²) in [5.41, 5.74) is 3.04. The van der Waals surface area contributed by atoms with Crippen LogP contribution in [0.4, 0.5) is 0 Å². The highest BCUT2D eigenvalue weighted by atomic mass is 35.5. The van der Waals surface area contributed by atoms with Crippen molar-refractivity contribution in [3.63, 3.8) is 0 Å². The zero-order valence-electron chi connectivity index (χ0n) is 12.7. The summed E-state index contributed by atoms with van der Waals surface area (Å²) in [6.45, 7) is 2.51. The van der Waals surface area contributed by atoms with Crippen molar-refractivity contribution >= 4 is 24.2 Å². The third-order valence-corrected chi connectivity index (χ3v) is 5.93. The average molecular weight is 332 g/mol. The van der Waals surface area contributed by atoms with Crippen molar-refractivity contribution in [3.05, 3.63) is 59.7 Å². The fraction of sp³-hybridized carbons (Fsp3) is 0.368. The van der Waals surface area contributed by atoms with E-state index in [9.17, 15) is 0 Å². The van der Waals surface area contributed by atoms with Gasteiger partial charge in [0.2, 0.25) is 0 Å². The molecule has 2 aromatic rings. The van der Waals surface area contributed by atoms with Crippen LogP contribution < -0.4 is 0 Å². The Bertz CT molecular complexity index is 637. The van der Waals surface area contributed by atoms with Crippen LogP contribution in [0.15, 0.2) is 58.3 Å². The Morgan fingerprint density at radius 2 is 1.50 bits per heavy atom. The number of hydrogen-bond acceptors (Lipinski definition) is 2. The van der Waals surface area contributed by atoms with E-state index in [0.717, 1.165) is 6.42 Å². The Morgan fingerprint density at radius 1 is 0.818 bits per heavy atom. The van der Waals surface area contributed by atoms with Gasteiger partial charge in [-0.3, -0.25) is 4.90 Å². The van der Waals surface area contributed by atoms with E-state index in [0.29, 0.717) is 6.04 Å². The van der Waals surface area contributed by atoms with Crippen LogP contribution in [0, 0.1) is 0 Å². The van der Waals surface area contributed by atoms with Crippen molar-refractivity contribution in [2.45, 2.75) is 41.5 Å². The molecule has 3 heteroatoms. The average Bonchev–Trinajstić information content (AvgIpc) is 2.72. The minimum absolute atomic E-state index is 0. The van der Waals surface area contributed by atoms with Gasteiger partial charge in [0, 0.05) is 15.8 Å². The summed E-state index contributed by atoms with van der Waals surface area (Å²) >= 11 is 1.94. The molecule has 2 aliphatic heterocycles. The van der Waals surface area contributed by atoms with Gasteiger partial charge in [0.15, 0.2) is 0 Å². The maximum atomic E-state index is 2.71. The highest BCUT2D eigenvalue weighted by molar-refractivity contribution is 7.99. The maximum absolute atomic E-state index is 2.71. The van der Waals surface area contributed by atoms with Crippen LogP contribution in [0.5, 0.6) is 0 Å². The lowest BCUT2D eigenvalue weighted by Gasteiger charge is -2.35.